The van der Waals surface area contributed by atoms with E-state index in [0.717, 1.165) is 14.5 Å². The number of pyridine rings is 1. The zero-order valence-electron chi connectivity index (χ0n) is 10.3. The van der Waals surface area contributed by atoms with E-state index < -0.39 is 0 Å². The summed E-state index contributed by atoms with van der Waals surface area (Å²) in [5, 5.41) is 5.24. The van der Waals surface area contributed by atoms with E-state index in [2.05, 4.69) is 47.5 Å². The highest BCUT2D eigenvalue weighted by atomic mass is 79.9. The zero-order valence-corrected chi connectivity index (χ0v) is 13.5. The summed E-state index contributed by atoms with van der Waals surface area (Å²) >= 11 is 6.71. The Hall–Kier alpha value is -1.66. The van der Waals surface area contributed by atoms with Crippen molar-refractivity contribution in [2.45, 2.75) is 0 Å². The van der Waals surface area contributed by atoms with Crippen LogP contribution in [0.1, 0.15) is 5.56 Å². The number of urea groups is 1. The van der Waals surface area contributed by atoms with Crippen LogP contribution in [0, 0.1) is 0 Å². The number of aromatic nitrogens is 1. The van der Waals surface area contributed by atoms with Crippen LogP contribution in [0.5, 0.6) is 0 Å². The molecule has 0 saturated heterocycles. The molecule has 0 aliphatic carbocycles. The molecule has 0 saturated carbocycles. The Morgan fingerprint density at radius 3 is 2.65 bits per heavy atom. The fourth-order valence-electron chi connectivity index (χ4n) is 1.42. The van der Waals surface area contributed by atoms with Crippen molar-refractivity contribution in [3.63, 3.8) is 0 Å². The maximum atomic E-state index is 11.6. The number of amides is 2. The monoisotopic (exact) mass is 395 g/mol. The van der Waals surface area contributed by atoms with Gasteiger partial charge in [0.1, 0.15) is 5.82 Å². The number of nitrogens with one attached hydrogen (secondary N) is 2. The minimum Gasteiger partial charge on any atom is -0.314 e. The second-order valence-corrected chi connectivity index (χ2v) is 5.58. The topological polar surface area (TPSA) is 54.0 Å². The number of nitrogens with zero attached hydrogens (tertiary/aromatic N) is 1. The molecular weight excluding hydrogens is 386 g/mol. The minimum absolute atomic E-state index is 0.344. The van der Waals surface area contributed by atoms with Crippen LogP contribution in [0.3, 0.4) is 0 Å². The summed E-state index contributed by atoms with van der Waals surface area (Å²) < 4.78 is 1.82. The van der Waals surface area contributed by atoms with Gasteiger partial charge in [-0.25, -0.2) is 9.78 Å². The summed E-state index contributed by atoms with van der Waals surface area (Å²) in [6, 6.07) is 10.9. The number of carbonyl (C=O) groups is 1. The standard InChI is InChI=1S/C14H11Br2N3O/c15-11-5-6-13(18-9-11)19-14(20)17-8-7-10-3-1-2-4-12(10)16/h1-9H,(H2,17,18,19,20)/b8-7+. The quantitative estimate of drug-likeness (QED) is 0.807. The molecule has 20 heavy (non-hydrogen) atoms. The van der Waals surface area contributed by atoms with Gasteiger partial charge in [-0.3, -0.25) is 5.32 Å². The van der Waals surface area contributed by atoms with Crippen molar-refractivity contribution in [2.24, 2.45) is 0 Å². The molecule has 0 aliphatic rings. The maximum absolute atomic E-state index is 11.6. The van der Waals surface area contributed by atoms with Gasteiger partial charge in [0.05, 0.1) is 0 Å². The number of anilines is 1. The molecule has 1 heterocycles. The molecule has 2 amide bonds. The molecular formula is C14H11Br2N3O. The van der Waals surface area contributed by atoms with E-state index in [1.54, 1.807) is 30.6 Å². The van der Waals surface area contributed by atoms with Crippen molar-refractivity contribution >= 4 is 49.8 Å². The third-order valence-electron chi connectivity index (χ3n) is 2.35. The van der Waals surface area contributed by atoms with Gasteiger partial charge in [-0.05, 0) is 45.8 Å². The number of rotatable bonds is 3. The van der Waals surface area contributed by atoms with Crippen LogP contribution in [-0.2, 0) is 0 Å². The third-order valence-corrected chi connectivity index (χ3v) is 3.54. The second kappa shape index (κ2) is 7.21. The van der Waals surface area contributed by atoms with E-state index in [9.17, 15) is 4.79 Å². The van der Waals surface area contributed by atoms with Crippen molar-refractivity contribution in [3.05, 3.63) is 63.3 Å². The molecule has 0 fully saturated rings. The lowest BCUT2D eigenvalue weighted by atomic mass is 10.2. The third kappa shape index (κ3) is 4.47. The van der Waals surface area contributed by atoms with Gasteiger partial charge in [-0.2, -0.15) is 0 Å². The highest BCUT2D eigenvalue weighted by molar-refractivity contribution is 9.10. The Labute approximate surface area is 133 Å². The largest absolute Gasteiger partial charge is 0.324 e. The minimum atomic E-state index is -0.344. The van der Waals surface area contributed by atoms with Crippen LogP contribution in [0.15, 0.2) is 57.7 Å². The zero-order chi connectivity index (χ0) is 14.4. The van der Waals surface area contributed by atoms with Crippen LogP contribution < -0.4 is 10.6 Å². The lowest BCUT2D eigenvalue weighted by molar-refractivity contribution is 0.255. The Morgan fingerprint density at radius 1 is 1.15 bits per heavy atom. The summed E-state index contributed by atoms with van der Waals surface area (Å²) in [5.74, 6) is 0.486. The highest BCUT2D eigenvalue weighted by Crippen LogP contribution is 2.16. The number of halogens is 2. The van der Waals surface area contributed by atoms with Crippen LogP contribution in [0.2, 0.25) is 0 Å². The summed E-state index contributed by atoms with van der Waals surface area (Å²) in [6.07, 6.45) is 5.00. The molecule has 0 atom stereocenters. The van der Waals surface area contributed by atoms with Gasteiger partial charge in [0.25, 0.3) is 0 Å². The van der Waals surface area contributed by atoms with Crippen molar-refractivity contribution in [1.29, 1.82) is 0 Å². The number of carbonyl (C=O) groups excluding carboxylic acids is 1. The van der Waals surface area contributed by atoms with Gasteiger partial charge in [0.15, 0.2) is 0 Å². The Kier molecular flexibility index (Phi) is 5.31. The molecule has 102 valence electrons. The normalized spacial score (nSPS) is 10.5. The first-order chi connectivity index (χ1) is 9.65. The molecule has 2 rings (SSSR count). The summed E-state index contributed by atoms with van der Waals surface area (Å²) in [5.41, 5.74) is 0.981. The average molecular weight is 397 g/mol. The number of benzene rings is 1. The molecule has 0 spiro atoms. The molecule has 0 radical (unpaired) electrons. The molecule has 6 heteroatoms. The molecule has 0 aliphatic heterocycles. The lowest BCUT2D eigenvalue weighted by Crippen LogP contribution is -2.24. The smallest absolute Gasteiger partial charge is 0.314 e. The predicted octanol–water partition coefficient (Wildman–Crippen LogP) is 4.40. The second-order valence-electron chi connectivity index (χ2n) is 3.81. The Bertz CT molecular complexity index is 627. The van der Waals surface area contributed by atoms with Crippen molar-refractivity contribution < 1.29 is 4.79 Å². The first-order valence-corrected chi connectivity index (χ1v) is 7.34. The van der Waals surface area contributed by atoms with Crippen molar-refractivity contribution in [1.82, 2.24) is 10.3 Å². The number of hydrogen-bond acceptors (Lipinski definition) is 2. The Morgan fingerprint density at radius 2 is 1.95 bits per heavy atom. The molecule has 1 aromatic heterocycles. The molecule has 2 aromatic rings. The van der Waals surface area contributed by atoms with E-state index in [-0.39, 0.29) is 6.03 Å². The van der Waals surface area contributed by atoms with Crippen molar-refractivity contribution in [2.75, 3.05) is 5.32 Å². The molecule has 1 aromatic carbocycles. The van der Waals surface area contributed by atoms with E-state index in [4.69, 9.17) is 0 Å². The van der Waals surface area contributed by atoms with E-state index in [1.807, 2.05) is 24.3 Å². The predicted molar refractivity (Wildman–Crippen MR) is 87.3 cm³/mol. The summed E-state index contributed by atoms with van der Waals surface area (Å²) in [7, 11) is 0. The van der Waals surface area contributed by atoms with Crippen LogP contribution in [-0.4, -0.2) is 11.0 Å². The van der Waals surface area contributed by atoms with E-state index in [0.29, 0.717) is 5.82 Å². The number of hydrogen-bond donors (Lipinski definition) is 2. The molecule has 2 N–H and O–H groups in total. The summed E-state index contributed by atoms with van der Waals surface area (Å²) in [6.45, 7) is 0. The van der Waals surface area contributed by atoms with Gasteiger partial charge < -0.3 is 5.32 Å². The first-order valence-electron chi connectivity index (χ1n) is 5.75. The maximum Gasteiger partial charge on any atom is 0.324 e. The van der Waals surface area contributed by atoms with E-state index in [1.165, 1.54) is 0 Å². The average Bonchev–Trinajstić information content (AvgIpc) is 2.43. The van der Waals surface area contributed by atoms with Crippen LogP contribution in [0.25, 0.3) is 6.08 Å². The van der Waals surface area contributed by atoms with Crippen LogP contribution in [0.4, 0.5) is 10.6 Å². The molecule has 4 nitrogen and oxygen atoms in total. The lowest BCUT2D eigenvalue weighted by Gasteiger charge is -2.03. The highest BCUT2D eigenvalue weighted by Gasteiger charge is 2.00. The van der Waals surface area contributed by atoms with Gasteiger partial charge in [0.2, 0.25) is 0 Å². The summed E-state index contributed by atoms with van der Waals surface area (Å²) in [4.78, 5) is 15.7. The van der Waals surface area contributed by atoms with Gasteiger partial charge in [-0.1, -0.05) is 34.1 Å². The van der Waals surface area contributed by atoms with Gasteiger partial charge in [-0.15, -0.1) is 0 Å². The molecule has 0 unspecified atom stereocenters. The van der Waals surface area contributed by atoms with Gasteiger partial charge in [0, 0.05) is 21.3 Å². The van der Waals surface area contributed by atoms with E-state index >= 15 is 0 Å². The van der Waals surface area contributed by atoms with Crippen molar-refractivity contribution in [3.8, 4) is 0 Å². The fraction of sp³-hybridized carbons (Fsp3) is 0. The Balaban J connectivity index is 1.89. The fourth-order valence-corrected chi connectivity index (χ4v) is 2.07. The molecule has 0 bridgehead atoms. The first kappa shape index (κ1) is 14.7. The SMILES string of the molecule is O=C(N/C=C/c1ccccc1Br)Nc1ccc(Br)cn1. The van der Waals surface area contributed by atoms with Crippen LogP contribution >= 0.6 is 31.9 Å². The van der Waals surface area contributed by atoms with Gasteiger partial charge >= 0.3 is 6.03 Å².